The van der Waals surface area contributed by atoms with Crippen molar-refractivity contribution in [1.82, 2.24) is 14.4 Å². The van der Waals surface area contributed by atoms with E-state index in [9.17, 15) is 13.2 Å². The second kappa shape index (κ2) is 7.63. The fraction of sp³-hybridized carbons (Fsp3) is 0.526. The summed E-state index contributed by atoms with van der Waals surface area (Å²) < 4.78 is 37.5. The Balaban J connectivity index is 1.44. The zero-order chi connectivity index (χ0) is 19.7. The Hall–Kier alpha value is -2.26. The minimum atomic E-state index is -3.62. The van der Waals surface area contributed by atoms with E-state index in [0.29, 0.717) is 36.9 Å². The molecule has 2 fully saturated rings. The van der Waals surface area contributed by atoms with Gasteiger partial charge >= 0.3 is 5.97 Å². The van der Waals surface area contributed by atoms with Gasteiger partial charge in [0.2, 0.25) is 15.9 Å². The van der Waals surface area contributed by atoms with Crippen molar-refractivity contribution in [1.29, 1.82) is 0 Å². The summed E-state index contributed by atoms with van der Waals surface area (Å²) in [4.78, 5) is 16.2. The average Bonchev–Trinajstić information content (AvgIpc) is 3.47. The highest BCUT2D eigenvalue weighted by molar-refractivity contribution is 7.89. The van der Waals surface area contributed by atoms with Gasteiger partial charge in [-0.25, -0.2) is 13.2 Å². The molecule has 0 spiro atoms. The van der Waals surface area contributed by atoms with Crippen LogP contribution in [0.4, 0.5) is 0 Å². The zero-order valence-corrected chi connectivity index (χ0v) is 16.5. The molecule has 2 aliphatic rings. The summed E-state index contributed by atoms with van der Waals surface area (Å²) in [7, 11) is -2.33. The van der Waals surface area contributed by atoms with Crippen LogP contribution in [-0.2, 0) is 21.2 Å². The summed E-state index contributed by atoms with van der Waals surface area (Å²) in [6, 6.07) is 5.84. The molecule has 0 radical (unpaired) electrons. The molecule has 0 amide bonds. The van der Waals surface area contributed by atoms with E-state index in [4.69, 9.17) is 4.52 Å². The topological polar surface area (TPSA) is 103 Å². The zero-order valence-electron chi connectivity index (χ0n) is 15.7. The molecule has 2 aromatic rings. The first kappa shape index (κ1) is 19.1. The summed E-state index contributed by atoms with van der Waals surface area (Å²) in [6.45, 7) is 0.900. The van der Waals surface area contributed by atoms with Crippen LogP contribution in [0.15, 0.2) is 33.7 Å². The molecule has 9 heteroatoms. The molecule has 0 N–H and O–H groups in total. The Labute approximate surface area is 163 Å². The average molecular weight is 405 g/mol. The van der Waals surface area contributed by atoms with Crippen LogP contribution in [-0.4, -0.2) is 49.0 Å². The summed E-state index contributed by atoms with van der Waals surface area (Å²) >= 11 is 0. The normalized spacial score (nSPS) is 20.8. The van der Waals surface area contributed by atoms with Gasteiger partial charge in [0.05, 0.1) is 17.6 Å². The Morgan fingerprint density at radius 1 is 1.25 bits per heavy atom. The first-order valence-electron chi connectivity index (χ1n) is 9.48. The second-order valence-electron chi connectivity index (χ2n) is 7.41. The number of hydrogen-bond acceptors (Lipinski definition) is 7. The van der Waals surface area contributed by atoms with Crippen LogP contribution in [0.1, 0.15) is 53.7 Å². The maximum atomic E-state index is 13.0. The number of esters is 1. The number of rotatable bonds is 6. The maximum Gasteiger partial charge on any atom is 0.337 e. The molecular formula is C19H23N3O5S. The van der Waals surface area contributed by atoms with Crippen molar-refractivity contribution in [3.63, 3.8) is 0 Å². The molecule has 150 valence electrons. The van der Waals surface area contributed by atoms with Crippen LogP contribution < -0.4 is 0 Å². The number of carbonyl (C=O) groups is 1. The summed E-state index contributed by atoms with van der Waals surface area (Å²) in [5, 5.41) is 4.03. The largest absolute Gasteiger partial charge is 0.465 e. The minimum Gasteiger partial charge on any atom is -0.465 e. The van der Waals surface area contributed by atoms with E-state index >= 15 is 0 Å². The molecule has 1 atom stereocenters. The van der Waals surface area contributed by atoms with E-state index in [1.807, 2.05) is 0 Å². The molecule has 1 aromatic heterocycles. The molecule has 1 saturated carbocycles. The van der Waals surface area contributed by atoms with Gasteiger partial charge in [-0.3, -0.25) is 0 Å². The molecule has 1 aliphatic heterocycles. The lowest BCUT2D eigenvalue weighted by molar-refractivity contribution is 0.0600. The third-order valence-corrected chi connectivity index (χ3v) is 7.16. The third kappa shape index (κ3) is 3.95. The molecule has 4 rings (SSSR count). The number of aromatic nitrogens is 2. The van der Waals surface area contributed by atoms with Crippen molar-refractivity contribution in [3.8, 4) is 0 Å². The van der Waals surface area contributed by atoms with E-state index < -0.39 is 16.0 Å². The number of benzene rings is 1. The SMILES string of the molecule is COC(=O)c1ccc(S(=O)(=O)N2CCC[C@H](Cc3nc(C4CC4)no3)C2)cc1. The molecule has 0 unspecified atom stereocenters. The lowest BCUT2D eigenvalue weighted by Crippen LogP contribution is -2.40. The van der Waals surface area contributed by atoms with Crippen LogP contribution in [0.5, 0.6) is 0 Å². The molecule has 1 aromatic carbocycles. The quantitative estimate of drug-likeness (QED) is 0.680. The minimum absolute atomic E-state index is 0.144. The number of methoxy groups -OCH3 is 1. The lowest BCUT2D eigenvalue weighted by Gasteiger charge is -2.31. The number of ether oxygens (including phenoxy) is 1. The smallest absolute Gasteiger partial charge is 0.337 e. The van der Waals surface area contributed by atoms with Crippen LogP contribution in [0.25, 0.3) is 0 Å². The van der Waals surface area contributed by atoms with Crippen molar-refractivity contribution in [3.05, 3.63) is 41.5 Å². The van der Waals surface area contributed by atoms with Gasteiger partial charge in [-0.15, -0.1) is 0 Å². The van der Waals surface area contributed by atoms with Gasteiger partial charge < -0.3 is 9.26 Å². The number of carbonyl (C=O) groups excluding carboxylic acids is 1. The predicted octanol–water partition coefficient (Wildman–Crippen LogP) is 2.38. The summed E-state index contributed by atoms with van der Waals surface area (Å²) in [5.74, 6) is 1.46. The van der Waals surface area contributed by atoms with E-state index in [-0.39, 0.29) is 10.8 Å². The monoisotopic (exact) mass is 405 g/mol. The van der Waals surface area contributed by atoms with Gasteiger partial charge in [-0.05, 0) is 55.9 Å². The van der Waals surface area contributed by atoms with E-state index in [1.54, 1.807) is 0 Å². The number of sulfonamides is 1. The number of piperidine rings is 1. The number of hydrogen-bond donors (Lipinski definition) is 0. The fourth-order valence-electron chi connectivity index (χ4n) is 3.55. The van der Waals surface area contributed by atoms with E-state index in [0.717, 1.165) is 31.5 Å². The van der Waals surface area contributed by atoms with Crippen LogP contribution in [0.3, 0.4) is 0 Å². The van der Waals surface area contributed by atoms with Crippen molar-refractivity contribution >= 4 is 16.0 Å². The second-order valence-corrected chi connectivity index (χ2v) is 9.35. The molecule has 0 bridgehead atoms. The summed E-state index contributed by atoms with van der Waals surface area (Å²) in [5.41, 5.74) is 0.320. The van der Waals surface area contributed by atoms with Gasteiger partial charge in [0.15, 0.2) is 5.82 Å². The highest BCUT2D eigenvalue weighted by Gasteiger charge is 2.32. The molecule has 28 heavy (non-hydrogen) atoms. The third-order valence-electron chi connectivity index (χ3n) is 5.28. The fourth-order valence-corrected chi connectivity index (χ4v) is 5.10. The lowest BCUT2D eigenvalue weighted by atomic mass is 9.96. The first-order chi connectivity index (χ1) is 13.5. The van der Waals surface area contributed by atoms with Crippen molar-refractivity contribution < 1.29 is 22.5 Å². The van der Waals surface area contributed by atoms with Gasteiger partial charge in [-0.1, -0.05) is 5.16 Å². The van der Waals surface area contributed by atoms with Gasteiger partial charge in [0, 0.05) is 25.4 Å². The van der Waals surface area contributed by atoms with Gasteiger partial charge in [-0.2, -0.15) is 9.29 Å². The Kier molecular flexibility index (Phi) is 5.20. The Bertz CT molecular complexity index is 950. The van der Waals surface area contributed by atoms with Crippen LogP contribution in [0, 0.1) is 5.92 Å². The maximum absolute atomic E-state index is 13.0. The molecule has 8 nitrogen and oxygen atoms in total. The van der Waals surface area contributed by atoms with E-state index in [2.05, 4.69) is 14.9 Å². The summed E-state index contributed by atoms with van der Waals surface area (Å²) in [6.07, 6.45) is 4.53. The van der Waals surface area contributed by atoms with Crippen LogP contribution in [0.2, 0.25) is 0 Å². The van der Waals surface area contributed by atoms with Crippen molar-refractivity contribution in [2.75, 3.05) is 20.2 Å². The highest BCUT2D eigenvalue weighted by atomic mass is 32.2. The highest BCUT2D eigenvalue weighted by Crippen LogP contribution is 2.38. The Morgan fingerprint density at radius 2 is 2.00 bits per heavy atom. The predicted molar refractivity (Wildman–Crippen MR) is 99.2 cm³/mol. The van der Waals surface area contributed by atoms with Crippen molar-refractivity contribution in [2.24, 2.45) is 5.92 Å². The molecule has 2 heterocycles. The standard InChI is InChI=1S/C19H23N3O5S/c1-26-19(23)15-6-8-16(9-7-15)28(24,25)22-10-2-3-13(12-22)11-17-20-18(21-27-17)14-4-5-14/h6-9,13-14H,2-5,10-12H2,1H3/t13-/m1/s1. The first-order valence-corrected chi connectivity index (χ1v) is 10.9. The molecule has 1 saturated heterocycles. The number of nitrogens with zero attached hydrogens (tertiary/aromatic N) is 3. The van der Waals surface area contributed by atoms with Gasteiger partial charge in [0.1, 0.15) is 0 Å². The van der Waals surface area contributed by atoms with E-state index in [1.165, 1.54) is 35.7 Å². The van der Waals surface area contributed by atoms with Gasteiger partial charge in [0.25, 0.3) is 0 Å². The molecular weight excluding hydrogens is 382 g/mol. The van der Waals surface area contributed by atoms with Crippen molar-refractivity contribution in [2.45, 2.75) is 42.9 Å². The van der Waals surface area contributed by atoms with Crippen LogP contribution >= 0.6 is 0 Å². The Morgan fingerprint density at radius 3 is 2.68 bits per heavy atom. The molecule has 1 aliphatic carbocycles.